The van der Waals surface area contributed by atoms with Crippen LogP contribution in [0.15, 0.2) is 0 Å². The molecular formula is H3MgNaO3. The first-order valence-corrected chi connectivity index (χ1v) is 0. The van der Waals surface area contributed by atoms with Gasteiger partial charge < -0.3 is 16.4 Å². The largest absolute Gasteiger partial charge is 2.00 e. The summed E-state index contributed by atoms with van der Waals surface area (Å²) in [6.45, 7) is 0. The zero-order valence-electron chi connectivity index (χ0n) is 3.05. The zero-order valence-corrected chi connectivity index (χ0v) is 6.46. The number of hydrogen-bond donors (Lipinski definition) is 0. The first-order valence-electron chi connectivity index (χ1n) is 0. The molecule has 0 aliphatic rings. The summed E-state index contributed by atoms with van der Waals surface area (Å²) in [5.74, 6) is 0. The van der Waals surface area contributed by atoms with Gasteiger partial charge in [-0.05, 0) is 0 Å². The summed E-state index contributed by atoms with van der Waals surface area (Å²) in [5, 5.41) is 0. The van der Waals surface area contributed by atoms with Crippen molar-refractivity contribution in [1.82, 2.24) is 0 Å². The van der Waals surface area contributed by atoms with E-state index in [9.17, 15) is 0 Å². The van der Waals surface area contributed by atoms with Gasteiger partial charge in [0.2, 0.25) is 0 Å². The Morgan fingerprint density at radius 2 is 0.600 bits per heavy atom. The minimum absolute atomic E-state index is 0. The van der Waals surface area contributed by atoms with Gasteiger partial charge in [-0.25, -0.2) is 0 Å². The Bertz CT molecular complexity index is 6.85. The first kappa shape index (κ1) is 78.2. The van der Waals surface area contributed by atoms with Gasteiger partial charge in [0.15, 0.2) is 0 Å². The third-order valence-corrected chi connectivity index (χ3v) is 0. The van der Waals surface area contributed by atoms with Gasteiger partial charge in [0.1, 0.15) is 0 Å². The van der Waals surface area contributed by atoms with Crippen LogP contribution in [0.1, 0.15) is 0 Å². The minimum atomic E-state index is 0. The van der Waals surface area contributed by atoms with Crippen molar-refractivity contribution in [1.29, 1.82) is 0 Å². The summed E-state index contributed by atoms with van der Waals surface area (Å²) in [7, 11) is 0. The van der Waals surface area contributed by atoms with Crippen LogP contribution in [0, 0.1) is 0 Å². The standard InChI is InChI=1S/Mg.Na.3H2O/h;;3*1H2/q+2;+1;;;/p-3. The summed E-state index contributed by atoms with van der Waals surface area (Å²) in [5.41, 5.74) is 0. The Labute approximate surface area is 68.5 Å². The van der Waals surface area contributed by atoms with Crippen LogP contribution in [0.3, 0.4) is 0 Å². The van der Waals surface area contributed by atoms with Crippen molar-refractivity contribution in [3.05, 3.63) is 0 Å². The van der Waals surface area contributed by atoms with Crippen LogP contribution >= 0.6 is 0 Å². The van der Waals surface area contributed by atoms with Gasteiger partial charge in [-0.15, -0.1) is 0 Å². The van der Waals surface area contributed by atoms with Crippen molar-refractivity contribution in [3.63, 3.8) is 0 Å². The molecule has 0 atom stereocenters. The molecule has 0 aromatic rings. The Hall–Kier alpha value is 1.65. The third-order valence-electron chi connectivity index (χ3n) is 0. The van der Waals surface area contributed by atoms with Crippen molar-refractivity contribution in [3.8, 4) is 0 Å². The van der Waals surface area contributed by atoms with Crippen LogP contribution in [0.25, 0.3) is 0 Å². The van der Waals surface area contributed by atoms with Crippen LogP contribution in [-0.2, 0) is 0 Å². The van der Waals surface area contributed by atoms with Gasteiger partial charge in [-0.1, -0.05) is 0 Å². The van der Waals surface area contributed by atoms with E-state index in [2.05, 4.69) is 0 Å². The first-order chi connectivity index (χ1) is 0. The topological polar surface area (TPSA) is 90.0 Å². The molecule has 0 saturated heterocycles. The molecular weight excluding hydrogens is 95.3 g/mol. The Morgan fingerprint density at radius 3 is 0.600 bits per heavy atom. The minimum Gasteiger partial charge on any atom is -0.870 e. The third kappa shape index (κ3) is 27.7. The average molecular weight is 98.3 g/mol. The molecule has 0 aromatic carbocycles. The van der Waals surface area contributed by atoms with E-state index in [1.807, 2.05) is 0 Å². The molecule has 24 valence electrons. The maximum absolute atomic E-state index is 0. The molecule has 3 nitrogen and oxygen atoms in total. The maximum Gasteiger partial charge on any atom is 2.00 e. The monoisotopic (exact) mass is 98.0 g/mol. The Kier molecular flexibility index (Phi) is 703. The second-order valence-corrected chi connectivity index (χ2v) is 0. The molecule has 3 N–H and O–H groups in total. The zero-order chi connectivity index (χ0) is 0. The second-order valence-electron chi connectivity index (χ2n) is 0. The van der Waals surface area contributed by atoms with E-state index in [1.165, 1.54) is 0 Å². The molecule has 0 heterocycles. The maximum atomic E-state index is 0. The van der Waals surface area contributed by atoms with E-state index < -0.39 is 0 Å². The van der Waals surface area contributed by atoms with Crippen molar-refractivity contribution in [2.24, 2.45) is 0 Å². The van der Waals surface area contributed by atoms with Crippen LogP contribution in [0.5, 0.6) is 0 Å². The van der Waals surface area contributed by atoms with Crippen molar-refractivity contribution < 1.29 is 46.0 Å². The SMILES string of the molecule is [Mg+2].[Na+].[OH-].[OH-].[OH-]. The molecule has 0 unspecified atom stereocenters. The van der Waals surface area contributed by atoms with E-state index in [1.54, 1.807) is 0 Å². The molecule has 0 aliphatic carbocycles. The molecule has 0 fully saturated rings. The predicted octanol–water partition coefficient (Wildman–Crippen LogP) is -3.91. The molecule has 5 heavy (non-hydrogen) atoms. The van der Waals surface area contributed by atoms with E-state index in [-0.39, 0.29) is 69.0 Å². The fraction of sp³-hybridized carbons (Fsp3) is 0. The van der Waals surface area contributed by atoms with Crippen molar-refractivity contribution in [2.75, 3.05) is 0 Å². The van der Waals surface area contributed by atoms with E-state index in [0.29, 0.717) is 0 Å². The van der Waals surface area contributed by atoms with Crippen molar-refractivity contribution >= 4 is 23.1 Å². The quantitative estimate of drug-likeness (QED) is 0.290. The van der Waals surface area contributed by atoms with Gasteiger partial charge in [-0.3, -0.25) is 0 Å². The molecule has 0 aromatic heterocycles. The number of rotatable bonds is 0. The summed E-state index contributed by atoms with van der Waals surface area (Å²) < 4.78 is 0. The Morgan fingerprint density at radius 1 is 0.600 bits per heavy atom. The molecule has 0 saturated carbocycles. The smallest absolute Gasteiger partial charge is 0.870 e. The Balaban J connectivity index is 0. The summed E-state index contributed by atoms with van der Waals surface area (Å²) in [4.78, 5) is 0. The predicted molar refractivity (Wildman–Crippen MR) is 11.6 cm³/mol. The van der Waals surface area contributed by atoms with Crippen LogP contribution in [-0.4, -0.2) is 39.5 Å². The average Bonchev–Trinajstić information content (AvgIpc) is 0. The molecule has 0 bridgehead atoms. The van der Waals surface area contributed by atoms with Crippen LogP contribution < -0.4 is 29.6 Å². The van der Waals surface area contributed by atoms with Gasteiger partial charge >= 0.3 is 52.6 Å². The van der Waals surface area contributed by atoms with Gasteiger partial charge in [-0.2, -0.15) is 0 Å². The van der Waals surface area contributed by atoms with Crippen molar-refractivity contribution in [2.45, 2.75) is 0 Å². The van der Waals surface area contributed by atoms with Gasteiger partial charge in [0.25, 0.3) is 0 Å². The summed E-state index contributed by atoms with van der Waals surface area (Å²) in [6, 6.07) is 0. The van der Waals surface area contributed by atoms with Gasteiger partial charge in [0, 0.05) is 0 Å². The molecule has 5 heteroatoms. The summed E-state index contributed by atoms with van der Waals surface area (Å²) in [6.07, 6.45) is 0. The fourth-order valence-corrected chi connectivity index (χ4v) is 0. The molecule has 0 aliphatic heterocycles. The molecule has 0 rings (SSSR count). The normalized spacial score (nSPS) is 0. The second kappa shape index (κ2) is 45.0. The molecule has 0 radical (unpaired) electrons. The number of hydrogen-bond acceptors (Lipinski definition) is 3. The van der Waals surface area contributed by atoms with Gasteiger partial charge in [0.05, 0.1) is 0 Å². The fourth-order valence-electron chi connectivity index (χ4n) is 0. The summed E-state index contributed by atoms with van der Waals surface area (Å²) >= 11 is 0. The van der Waals surface area contributed by atoms with E-state index in [0.717, 1.165) is 0 Å². The molecule has 0 amide bonds. The van der Waals surface area contributed by atoms with Crippen LogP contribution in [0.2, 0.25) is 0 Å². The molecule has 0 spiro atoms. The van der Waals surface area contributed by atoms with E-state index >= 15 is 0 Å². The van der Waals surface area contributed by atoms with Crippen LogP contribution in [0.4, 0.5) is 0 Å². The van der Waals surface area contributed by atoms with E-state index in [4.69, 9.17) is 0 Å².